The fourth-order valence-corrected chi connectivity index (χ4v) is 2.03. The quantitative estimate of drug-likeness (QED) is 0.498. The highest BCUT2D eigenvalue weighted by Crippen LogP contribution is 2.13. The van der Waals surface area contributed by atoms with Crippen LogP contribution >= 0.6 is 0 Å². The molecule has 2 rings (SSSR count). The molecule has 2 aliphatic rings. The number of piperidine rings is 1. The molecule has 0 bridgehead atoms. The van der Waals surface area contributed by atoms with E-state index in [0.29, 0.717) is 6.04 Å². The van der Waals surface area contributed by atoms with Crippen LogP contribution in [0.15, 0.2) is 0 Å². The van der Waals surface area contributed by atoms with Gasteiger partial charge in [-0.2, -0.15) is 0 Å². The molecule has 0 radical (unpaired) electrons. The van der Waals surface area contributed by atoms with E-state index in [2.05, 4.69) is 16.2 Å². The van der Waals surface area contributed by atoms with Gasteiger partial charge in [-0.3, -0.25) is 10.9 Å². The van der Waals surface area contributed by atoms with Crippen molar-refractivity contribution in [3.05, 3.63) is 0 Å². The smallest absolute Gasteiger partial charge is 0.0378 e. The first kappa shape index (κ1) is 7.53. The molecule has 0 aliphatic carbocycles. The average molecular weight is 155 g/mol. The lowest BCUT2D eigenvalue weighted by atomic mass is 9.97. The van der Waals surface area contributed by atoms with Gasteiger partial charge in [0.2, 0.25) is 0 Å². The lowest BCUT2D eigenvalue weighted by Gasteiger charge is -2.28. The van der Waals surface area contributed by atoms with Gasteiger partial charge in [0.25, 0.3) is 0 Å². The van der Waals surface area contributed by atoms with Crippen molar-refractivity contribution in [3.8, 4) is 0 Å². The third-order valence-corrected chi connectivity index (χ3v) is 2.70. The third-order valence-electron chi connectivity index (χ3n) is 2.70. The summed E-state index contributed by atoms with van der Waals surface area (Å²) in [6, 6.07) is 1.40. The molecule has 0 amide bonds. The lowest BCUT2D eigenvalue weighted by molar-refractivity contribution is 0.325. The van der Waals surface area contributed by atoms with Gasteiger partial charge in [0, 0.05) is 18.6 Å². The SMILES string of the molecule is C1CCC(C2CCNN2)NC1. The number of rotatable bonds is 1. The number of hydrogen-bond donors (Lipinski definition) is 3. The molecule has 0 aromatic carbocycles. The van der Waals surface area contributed by atoms with Crippen molar-refractivity contribution in [1.29, 1.82) is 0 Å². The molecule has 0 aromatic heterocycles. The van der Waals surface area contributed by atoms with Crippen LogP contribution in [0.5, 0.6) is 0 Å². The Labute approximate surface area is 67.9 Å². The monoisotopic (exact) mass is 155 g/mol. The average Bonchev–Trinajstić information content (AvgIpc) is 2.58. The van der Waals surface area contributed by atoms with Crippen LogP contribution in [-0.4, -0.2) is 25.2 Å². The van der Waals surface area contributed by atoms with E-state index in [1.165, 1.54) is 32.2 Å². The van der Waals surface area contributed by atoms with Gasteiger partial charge < -0.3 is 5.32 Å². The molecular weight excluding hydrogens is 138 g/mol. The van der Waals surface area contributed by atoms with Gasteiger partial charge in [-0.15, -0.1) is 0 Å². The van der Waals surface area contributed by atoms with Crippen molar-refractivity contribution in [2.45, 2.75) is 37.8 Å². The van der Waals surface area contributed by atoms with E-state index in [4.69, 9.17) is 0 Å². The van der Waals surface area contributed by atoms with E-state index in [1.54, 1.807) is 0 Å². The molecule has 0 spiro atoms. The second kappa shape index (κ2) is 3.52. The van der Waals surface area contributed by atoms with Crippen LogP contribution in [0, 0.1) is 0 Å². The Kier molecular flexibility index (Phi) is 2.41. The fraction of sp³-hybridized carbons (Fsp3) is 1.00. The zero-order valence-corrected chi connectivity index (χ0v) is 6.90. The highest BCUT2D eigenvalue weighted by Gasteiger charge is 2.25. The van der Waals surface area contributed by atoms with Gasteiger partial charge >= 0.3 is 0 Å². The van der Waals surface area contributed by atoms with Crippen LogP contribution in [0.4, 0.5) is 0 Å². The molecule has 3 heteroatoms. The standard InChI is InChI=1S/C8H17N3/c1-2-5-9-7(3-1)8-4-6-10-11-8/h7-11H,1-6H2. The van der Waals surface area contributed by atoms with Gasteiger partial charge in [-0.25, -0.2) is 0 Å². The Bertz CT molecular complexity index is 115. The van der Waals surface area contributed by atoms with Crippen molar-refractivity contribution in [3.63, 3.8) is 0 Å². The molecule has 64 valence electrons. The normalized spacial score (nSPS) is 39.3. The predicted octanol–water partition coefficient (Wildman–Crippen LogP) is -0.00500. The van der Waals surface area contributed by atoms with Crippen molar-refractivity contribution in [2.24, 2.45) is 0 Å². The highest BCUT2D eigenvalue weighted by atomic mass is 15.4. The van der Waals surface area contributed by atoms with Crippen LogP contribution in [0.3, 0.4) is 0 Å². The molecule has 2 fully saturated rings. The van der Waals surface area contributed by atoms with E-state index in [1.807, 2.05) is 0 Å². The maximum atomic E-state index is 3.56. The van der Waals surface area contributed by atoms with Crippen molar-refractivity contribution in [1.82, 2.24) is 16.2 Å². The summed E-state index contributed by atoms with van der Waals surface area (Å²) in [4.78, 5) is 0. The van der Waals surface area contributed by atoms with Gasteiger partial charge in [0.15, 0.2) is 0 Å². The maximum Gasteiger partial charge on any atom is 0.0378 e. The molecule has 3 N–H and O–H groups in total. The molecule has 2 aliphatic heterocycles. The second-order valence-corrected chi connectivity index (χ2v) is 3.52. The first-order chi connectivity index (χ1) is 5.47. The molecule has 2 unspecified atom stereocenters. The molecule has 0 aromatic rings. The summed E-state index contributed by atoms with van der Waals surface area (Å²) in [5, 5.41) is 3.56. The molecule has 3 nitrogen and oxygen atoms in total. The summed E-state index contributed by atoms with van der Waals surface area (Å²) in [7, 11) is 0. The minimum Gasteiger partial charge on any atom is -0.312 e. The Morgan fingerprint density at radius 3 is 2.55 bits per heavy atom. The van der Waals surface area contributed by atoms with E-state index >= 15 is 0 Å². The topological polar surface area (TPSA) is 36.1 Å². The summed E-state index contributed by atoms with van der Waals surface area (Å²) >= 11 is 0. The minimum absolute atomic E-state index is 0.676. The zero-order valence-electron chi connectivity index (χ0n) is 6.90. The number of hydrogen-bond acceptors (Lipinski definition) is 3. The second-order valence-electron chi connectivity index (χ2n) is 3.52. The van der Waals surface area contributed by atoms with Crippen LogP contribution in [0.25, 0.3) is 0 Å². The predicted molar refractivity (Wildman–Crippen MR) is 45.2 cm³/mol. The van der Waals surface area contributed by atoms with E-state index in [9.17, 15) is 0 Å². The van der Waals surface area contributed by atoms with E-state index in [-0.39, 0.29) is 0 Å². The van der Waals surface area contributed by atoms with Crippen LogP contribution in [0.2, 0.25) is 0 Å². The van der Waals surface area contributed by atoms with E-state index < -0.39 is 0 Å². The maximum absolute atomic E-state index is 3.56. The molecular formula is C8H17N3. The summed E-state index contributed by atoms with van der Waals surface area (Å²) < 4.78 is 0. The first-order valence-corrected chi connectivity index (χ1v) is 4.68. The van der Waals surface area contributed by atoms with Gasteiger partial charge in [-0.05, 0) is 25.8 Å². The number of nitrogens with one attached hydrogen (secondary N) is 3. The molecule has 0 saturated carbocycles. The highest BCUT2D eigenvalue weighted by molar-refractivity contribution is 4.86. The minimum atomic E-state index is 0.676. The third kappa shape index (κ3) is 1.72. The zero-order chi connectivity index (χ0) is 7.52. The van der Waals surface area contributed by atoms with Gasteiger partial charge in [0.1, 0.15) is 0 Å². The number of hydrazine groups is 1. The Balaban J connectivity index is 1.82. The molecule has 11 heavy (non-hydrogen) atoms. The summed E-state index contributed by atoms with van der Waals surface area (Å²) in [5.74, 6) is 0. The van der Waals surface area contributed by atoms with Gasteiger partial charge in [-0.1, -0.05) is 6.42 Å². The Morgan fingerprint density at radius 2 is 1.91 bits per heavy atom. The summed E-state index contributed by atoms with van der Waals surface area (Å²) in [6.07, 6.45) is 5.38. The molecule has 2 saturated heterocycles. The summed E-state index contributed by atoms with van der Waals surface area (Å²) in [5.41, 5.74) is 6.49. The van der Waals surface area contributed by atoms with Crippen LogP contribution in [0.1, 0.15) is 25.7 Å². The molecule has 2 atom stereocenters. The molecule has 2 heterocycles. The summed E-state index contributed by atoms with van der Waals surface area (Å²) in [6.45, 7) is 2.34. The Hall–Kier alpha value is -0.120. The van der Waals surface area contributed by atoms with Crippen molar-refractivity contribution in [2.75, 3.05) is 13.1 Å². The Morgan fingerprint density at radius 1 is 0.909 bits per heavy atom. The van der Waals surface area contributed by atoms with Crippen LogP contribution in [-0.2, 0) is 0 Å². The fourth-order valence-electron chi connectivity index (χ4n) is 2.03. The first-order valence-electron chi connectivity index (χ1n) is 4.68. The van der Waals surface area contributed by atoms with Crippen molar-refractivity contribution < 1.29 is 0 Å². The van der Waals surface area contributed by atoms with Crippen LogP contribution < -0.4 is 16.2 Å². The lowest BCUT2D eigenvalue weighted by Crippen LogP contribution is -2.48. The largest absolute Gasteiger partial charge is 0.312 e. The van der Waals surface area contributed by atoms with E-state index in [0.717, 1.165) is 12.6 Å². The van der Waals surface area contributed by atoms with Crippen molar-refractivity contribution >= 4 is 0 Å². The van der Waals surface area contributed by atoms with Gasteiger partial charge in [0.05, 0.1) is 0 Å².